The molecule has 1 heterocycles. The predicted octanol–water partition coefficient (Wildman–Crippen LogP) is 3.41. The summed E-state index contributed by atoms with van der Waals surface area (Å²) in [5, 5.41) is 2.73. The predicted molar refractivity (Wildman–Crippen MR) is 97.3 cm³/mol. The molecule has 3 rings (SSSR count). The summed E-state index contributed by atoms with van der Waals surface area (Å²) in [6, 6.07) is 19.9. The minimum absolute atomic E-state index is 0.266. The second-order valence-corrected chi connectivity index (χ2v) is 5.56. The van der Waals surface area contributed by atoms with E-state index in [9.17, 15) is 9.59 Å². The van der Waals surface area contributed by atoms with E-state index in [0.29, 0.717) is 16.9 Å². The van der Waals surface area contributed by atoms with Crippen LogP contribution < -0.4 is 11.1 Å². The van der Waals surface area contributed by atoms with Crippen LogP contribution in [0.3, 0.4) is 0 Å². The molecule has 5 nitrogen and oxygen atoms in total. The smallest absolute Gasteiger partial charge is 0.257 e. The fraction of sp³-hybridized carbons (Fsp3) is 0.0500. The Balaban J connectivity index is 1.88. The fourth-order valence-corrected chi connectivity index (χ4v) is 2.57. The van der Waals surface area contributed by atoms with E-state index in [0.717, 1.165) is 11.3 Å². The van der Waals surface area contributed by atoms with Crippen molar-refractivity contribution in [2.75, 3.05) is 5.32 Å². The van der Waals surface area contributed by atoms with Crippen LogP contribution in [0, 0.1) is 6.92 Å². The maximum absolute atomic E-state index is 12.6. The largest absolute Gasteiger partial charge is 0.366 e. The summed E-state index contributed by atoms with van der Waals surface area (Å²) < 4.78 is 0. The van der Waals surface area contributed by atoms with E-state index < -0.39 is 5.91 Å². The van der Waals surface area contributed by atoms with Crippen molar-refractivity contribution in [3.8, 4) is 11.3 Å². The highest BCUT2D eigenvalue weighted by molar-refractivity contribution is 6.09. The molecule has 0 spiro atoms. The molecule has 0 fully saturated rings. The summed E-state index contributed by atoms with van der Waals surface area (Å²) in [7, 11) is 0. The SMILES string of the molecule is Cc1nc(-c2ccccc2)ccc1C(=O)Nc1ccccc1C(N)=O. The van der Waals surface area contributed by atoms with E-state index in [4.69, 9.17) is 5.73 Å². The third-order valence-electron chi connectivity index (χ3n) is 3.84. The first-order valence-corrected chi connectivity index (χ1v) is 7.79. The molecule has 5 heteroatoms. The van der Waals surface area contributed by atoms with Gasteiger partial charge in [0.05, 0.1) is 28.2 Å². The minimum Gasteiger partial charge on any atom is -0.366 e. The molecule has 3 aromatic rings. The lowest BCUT2D eigenvalue weighted by molar-refractivity contribution is 0.100. The lowest BCUT2D eigenvalue weighted by Gasteiger charge is -2.11. The van der Waals surface area contributed by atoms with Crippen LogP contribution >= 0.6 is 0 Å². The van der Waals surface area contributed by atoms with Gasteiger partial charge in [0.2, 0.25) is 0 Å². The van der Waals surface area contributed by atoms with Gasteiger partial charge in [0.25, 0.3) is 11.8 Å². The maximum atomic E-state index is 12.6. The third-order valence-corrected chi connectivity index (χ3v) is 3.84. The van der Waals surface area contributed by atoms with Gasteiger partial charge in [0.1, 0.15) is 0 Å². The number of benzene rings is 2. The van der Waals surface area contributed by atoms with Crippen molar-refractivity contribution in [2.45, 2.75) is 6.92 Å². The Morgan fingerprint density at radius 3 is 2.24 bits per heavy atom. The summed E-state index contributed by atoms with van der Waals surface area (Å²) in [5.74, 6) is -0.927. The molecule has 0 bridgehead atoms. The molecular formula is C20H17N3O2. The Morgan fingerprint density at radius 2 is 1.56 bits per heavy atom. The summed E-state index contributed by atoms with van der Waals surface area (Å²) >= 11 is 0. The van der Waals surface area contributed by atoms with Crippen molar-refractivity contribution in [3.05, 3.63) is 83.6 Å². The number of carbonyl (C=O) groups is 2. The number of amides is 2. The van der Waals surface area contributed by atoms with Gasteiger partial charge in [-0.05, 0) is 31.2 Å². The van der Waals surface area contributed by atoms with E-state index in [1.54, 1.807) is 43.3 Å². The number of rotatable bonds is 4. The molecule has 124 valence electrons. The van der Waals surface area contributed by atoms with Gasteiger partial charge < -0.3 is 11.1 Å². The first-order valence-electron chi connectivity index (χ1n) is 7.79. The quantitative estimate of drug-likeness (QED) is 0.768. The van der Waals surface area contributed by atoms with Gasteiger partial charge in [-0.3, -0.25) is 14.6 Å². The maximum Gasteiger partial charge on any atom is 0.257 e. The molecule has 2 aromatic carbocycles. The Labute approximate surface area is 145 Å². The average molecular weight is 331 g/mol. The topological polar surface area (TPSA) is 85.1 Å². The van der Waals surface area contributed by atoms with E-state index in [1.807, 2.05) is 30.3 Å². The molecule has 3 N–H and O–H groups in total. The lowest BCUT2D eigenvalue weighted by atomic mass is 10.1. The van der Waals surface area contributed by atoms with Gasteiger partial charge in [-0.25, -0.2) is 0 Å². The molecule has 0 unspecified atom stereocenters. The zero-order chi connectivity index (χ0) is 17.8. The summed E-state index contributed by atoms with van der Waals surface area (Å²) in [6.45, 7) is 1.78. The van der Waals surface area contributed by atoms with Crippen molar-refractivity contribution >= 4 is 17.5 Å². The van der Waals surface area contributed by atoms with E-state index >= 15 is 0 Å². The zero-order valence-electron chi connectivity index (χ0n) is 13.7. The number of anilines is 1. The number of hydrogen-bond acceptors (Lipinski definition) is 3. The fourth-order valence-electron chi connectivity index (χ4n) is 2.57. The highest BCUT2D eigenvalue weighted by atomic mass is 16.2. The van der Waals surface area contributed by atoms with Gasteiger partial charge >= 0.3 is 0 Å². The first kappa shape index (κ1) is 16.4. The molecule has 0 aliphatic carbocycles. The summed E-state index contributed by atoms with van der Waals surface area (Å²) in [5.41, 5.74) is 8.82. The van der Waals surface area contributed by atoms with E-state index in [2.05, 4.69) is 10.3 Å². The highest BCUT2D eigenvalue weighted by Crippen LogP contribution is 2.20. The highest BCUT2D eigenvalue weighted by Gasteiger charge is 2.14. The van der Waals surface area contributed by atoms with Crippen LogP contribution in [0.25, 0.3) is 11.3 Å². The zero-order valence-corrected chi connectivity index (χ0v) is 13.7. The molecule has 0 atom stereocenters. The molecule has 0 saturated carbocycles. The first-order chi connectivity index (χ1) is 12.1. The number of aryl methyl sites for hydroxylation is 1. The van der Waals surface area contributed by atoms with E-state index in [-0.39, 0.29) is 11.5 Å². The molecule has 1 aromatic heterocycles. The number of aromatic nitrogens is 1. The number of carbonyl (C=O) groups excluding carboxylic acids is 2. The molecule has 2 amide bonds. The number of hydrogen-bond donors (Lipinski definition) is 2. The third kappa shape index (κ3) is 3.55. The second kappa shape index (κ2) is 6.97. The minimum atomic E-state index is -0.592. The number of pyridine rings is 1. The molecule has 0 aliphatic rings. The van der Waals surface area contributed by atoms with Gasteiger partial charge in [0.15, 0.2) is 0 Å². The van der Waals surface area contributed by atoms with Gasteiger partial charge in [0, 0.05) is 5.56 Å². The second-order valence-electron chi connectivity index (χ2n) is 5.56. The van der Waals surface area contributed by atoms with E-state index in [1.165, 1.54) is 0 Å². The summed E-state index contributed by atoms with van der Waals surface area (Å²) in [6.07, 6.45) is 0. The number of primary amides is 1. The van der Waals surface area contributed by atoms with Crippen LogP contribution in [0.5, 0.6) is 0 Å². The van der Waals surface area contributed by atoms with Gasteiger partial charge in [-0.2, -0.15) is 0 Å². The van der Waals surface area contributed by atoms with Crippen molar-refractivity contribution in [1.29, 1.82) is 0 Å². The van der Waals surface area contributed by atoms with Crippen molar-refractivity contribution in [2.24, 2.45) is 5.73 Å². The van der Waals surface area contributed by atoms with Crippen LogP contribution in [-0.2, 0) is 0 Å². The van der Waals surface area contributed by atoms with Crippen molar-refractivity contribution < 1.29 is 9.59 Å². The molecule has 0 aliphatic heterocycles. The Kier molecular flexibility index (Phi) is 4.57. The van der Waals surface area contributed by atoms with Crippen molar-refractivity contribution in [1.82, 2.24) is 4.98 Å². The van der Waals surface area contributed by atoms with Gasteiger partial charge in [-0.1, -0.05) is 42.5 Å². The Morgan fingerprint density at radius 1 is 0.880 bits per heavy atom. The Hall–Kier alpha value is -3.47. The van der Waals surface area contributed by atoms with Crippen LogP contribution in [-0.4, -0.2) is 16.8 Å². The van der Waals surface area contributed by atoms with Crippen molar-refractivity contribution in [3.63, 3.8) is 0 Å². The monoisotopic (exact) mass is 331 g/mol. The number of para-hydroxylation sites is 1. The number of nitrogens with two attached hydrogens (primary N) is 1. The molecular weight excluding hydrogens is 314 g/mol. The van der Waals surface area contributed by atoms with Crippen LogP contribution in [0.2, 0.25) is 0 Å². The number of nitrogens with zero attached hydrogens (tertiary/aromatic N) is 1. The lowest BCUT2D eigenvalue weighted by Crippen LogP contribution is -2.19. The van der Waals surface area contributed by atoms with Crippen LogP contribution in [0.4, 0.5) is 5.69 Å². The van der Waals surface area contributed by atoms with Crippen LogP contribution in [0.1, 0.15) is 26.4 Å². The summed E-state index contributed by atoms with van der Waals surface area (Å²) in [4.78, 5) is 28.5. The Bertz CT molecular complexity index is 937. The average Bonchev–Trinajstić information content (AvgIpc) is 2.62. The molecule has 25 heavy (non-hydrogen) atoms. The molecule has 0 radical (unpaired) electrons. The number of nitrogens with one attached hydrogen (secondary N) is 1. The molecule has 0 saturated heterocycles. The standard InChI is InChI=1S/C20H17N3O2/c1-13-15(11-12-17(22-13)14-7-3-2-4-8-14)20(25)23-18-10-6-5-9-16(18)19(21)24/h2-12H,1H3,(H2,21,24)(H,23,25). The normalized spacial score (nSPS) is 10.3. The van der Waals surface area contributed by atoms with Crippen LogP contribution in [0.15, 0.2) is 66.7 Å². The van der Waals surface area contributed by atoms with Gasteiger partial charge in [-0.15, -0.1) is 0 Å².